The number of aromatic amines is 1. The molecule has 2 N–H and O–H groups in total. The molecule has 0 radical (unpaired) electrons. The van der Waals surface area contributed by atoms with Gasteiger partial charge in [0.2, 0.25) is 5.91 Å². The first-order valence-electron chi connectivity index (χ1n) is 7.27. The third-order valence-electron chi connectivity index (χ3n) is 3.57. The molecule has 0 unspecified atom stereocenters. The lowest BCUT2D eigenvalue weighted by Crippen LogP contribution is -2.40. The number of fused-ring (bicyclic) bond motifs is 1. The summed E-state index contributed by atoms with van der Waals surface area (Å²) in [6.45, 7) is -0.00842. The zero-order valence-electron chi connectivity index (χ0n) is 12.6. The van der Waals surface area contributed by atoms with Crippen LogP contribution in [0.2, 0.25) is 0 Å². The molecule has 2 aromatic carbocycles. The first kappa shape index (κ1) is 16.2. The van der Waals surface area contributed by atoms with E-state index in [0.29, 0.717) is 17.4 Å². The number of nitrogens with one attached hydrogen (secondary N) is 2. The first-order valence-corrected chi connectivity index (χ1v) is 8.07. The van der Waals surface area contributed by atoms with Crippen LogP contribution in [0.15, 0.2) is 62.6 Å². The zero-order valence-corrected chi connectivity index (χ0v) is 14.2. The van der Waals surface area contributed by atoms with Gasteiger partial charge in [-0.25, -0.2) is 4.79 Å². The fraction of sp³-hybridized carbons (Fsp3) is 0.118. The summed E-state index contributed by atoms with van der Waals surface area (Å²) in [5.74, 6) is -0.405. The minimum atomic E-state index is -0.601. The SMILES string of the molecule is O=C(Cn1c(=O)[nH]c2ccccc2c1=O)NCc1cccc(Br)c1. The second kappa shape index (κ2) is 6.84. The van der Waals surface area contributed by atoms with Crippen molar-refractivity contribution >= 4 is 32.7 Å². The Balaban J connectivity index is 1.78. The van der Waals surface area contributed by atoms with Crippen LogP contribution in [0.4, 0.5) is 0 Å². The Hall–Kier alpha value is -2.67. The maximum atomic E-state index is 12.4. The molecule has 0 spiro atoms. The van der Waals surface area contributed by atoms with Gasteiger partial charge in [0.1, 0.15) is 6.54 Å². The van der Waals surface area contributed by atoms with Crippen LogP contribution in [0.3, 0.4) is 0 Å². The largest absolute Gasteiger partial charge is 0.350 e. The molecule has 3 aromatic rings. The molecule has 0 saturated heterocycles. The van der Waals surface area contributed by atoms with E-state index in [0.717, 1.165) is 14.6 Å². The normalized spacial score (nSPS) is 10.7. The van der Waals surface area contributed by atoms with Crippen molar-refractivity contribution in [3.8, 4) is 0 Å². The zero-order chi connectivity index (χ0) is 17.1. The predicted octanol–water partition coefficient (Wildman–Crippen LogP) is 1.77. The number of aromatic nitrogens is 2. The second-order valence-electron chi connectivity index (χ2n) is 5.27. The van der Waals surface area contributed by atoms with E-state index in [1.54, 1.807) is 24.3 Å². The Morgan fingerprint density at radius 2 is 1.92 bits per heavy atom. The van der Waals surface area contributed by atoms with Gasteiger partial charge in [0, 0.05) is 11.0 Å². The highest BCUT2D eigenvalue weighted by Crippen LogP contribution is 2.11. The molecular weight excluding hydrogens is 374 g/mol. The average molecular weight is 388 g/mol. The monoisotopic (exact) mass is 387 g/mol. The molecule has 6 nitrogen and oxygen atoms in total. The van der Waals surface area contributed by atoms with Crippen molar-refractivity contribution in [2.75, 3.05) is 0 Å². The molecule has 0 aliphatic rings. The van der Waals surface area contributed by atoms with Crippen molar-refractivity contribution < 1.29 is 4.79 Å². The maximum Gasteiger partial charge on any atom is 0.329 e. The number of H-pyrrole nitrogens is 1. The number of benzene rings is 2. The molecule has 1 aromatic heterocycles. The molecule has 3 rings (SSSR count). The van der Waals surface area contributed by atoms with Gasteiger partial charge in [-0.15, -0.1) is 0 Å². The van der Waals surface area contributed by atoms with Crippen molar-refractivity contribution in [2.24, 2.45) is 0 Å². The van der Waals surface area contributed by atoms with Gasteiger partial charge in [0.05, 0.1) is 10.9 Å². The van der Waals surface area contributed by atoms with Crippen molar-refractivity contribution in [3.05, 3.63) is 79.4 Å². The lowest BCUT2D eigenvalue weighted by Gasteiger charge is -2.08. The molecule has 0 saturated carbocycles. The summed E-state index contributed by atoms with van der Waals surface area (Å²) < 4.78 is 1.81. The molecule has 122 valence electrons. The molecule has 0 aliphatic heterocycles. The van der Waals surface area contributed by atoms with E-state index in [-0.39, 0.29) is 6.54 Å². The van der Waals surface area contributed by atoms with Crippen LogP contribution in [0.5, 0.6) is 0 Å². The number of carbonyl (C=O) groups excluding carboxylic acids is 1. The summed E-state index contributed by atoms with van der Waals surface area (Å²) in [5.41, 5.74) is 0.291. The first-order chi connectivity index (χ1) is 11.5. The smallest absolute Gasteiger partial charge is 0.329 e. The van der Waals surface area contributed by atoms with Gasteiger partial charge < -0.3 is 10.3 Å². The molecule has 7 heteroatoms. The van der Waals surface area contributed by atoms with E-state index in [9.17, 15) is 14.4 Å². The van der Waals surface area contributed by atoms with Gasteiger partial charge in [0.25, 0.3) is 5.56 Å². The number of hydrogen-bond donors (Lipinski definition) is 2. The van der Waals surface area contributed by atoms with E-state index in [2.05, 4.69) is 26.2 Å². The number of hydrogen-bond acceptors (Lipinski definition) is 3. The molecule has 0 aliphatic carbocycles. The standard InChI is InChI=1S/C17H14BrN3O3/c18-12-5-3-4-11(8-12)9-19-15(22)10-21-16(23)13-6-1-2-7-14(13)20-17(21)24/h1-8H,9-10H2,(H,19,22)(H,20,24). The number of halogens is 1. The summed E-state index contributed by atoms with van der Waals surface area (Å²) in [6.07, 6.45) is 0. The van der Waals surface area contributed by atoms with Gasteiger partial charge in [-0.3, -0.25) is 14.2 Å². The van der Waals surface area contributed by atoms with Crippen LogP contribution < -0.4 is 16.6 Å². The second-order valence-corrected chi connectivity index (χ2v) is 6.19. The van der Waals surface area contributed by atoms with Crippen LogP contribution in [0.25, 0.3) is 10.9 Å². The van der Waals surface area contributed by atoms with E-state index >= 15 is 0 Å². The Morgan fingerprint density at radius 3 is 2.71 bits per heavy atom. The van der Waals surface area contributed by atoms with E-state index in [1.165, 1.54) is 0 Å². The highest BCUT2D eigenvalue weighted by atomic mass is 79.9. The lowest BCUT2D eigenvalue weighted by molar-refractivity contribution is -0.121. The Labute approximate surface area is 145 Å². The Kier molecular flexibility index (Phi) is 4.61. The van der Waals surface area contributed by atoms with Crippen LogP contribution >= 0.6 is 15.9 Å². The summed E-state index contributed by atoms with van der Waals surface area (Å²) in [4.78, 5) is 39.1. The number of rotatable bonds is 4. The summed E-state index contributed by atoms with van der Waals surface area (Å²) in [6, 6.07) is 14.2. The van der Waals surface area contributed by atoms with Crippen LogP contribution in [-0.4, -0.2) is 15.5 Å². The molecule has 0 fully saturated rings. The van der Waals surface area contributed by atoms with Gasteiger partial charge >= 0.3 is 5.69 Å². The third-order valence-corrected chi connectivity index (χ3v) is 4.06. The Bertz CT molecular complexity index is 1020. The van der Waals surface area contributed by atoms with Crippen molar-refractivity contribution in [1.29, 1.82) is 0 Å². The highest BCUT2D eigenvalue weighted by Gasteiger charge is 2.11. The summed E-state index contributed by atoms with van der Waals surface area (Å²) in [7, 11) is 0. The van der Waals surface area contributed by atoms with Gasteiger partial charge in [-0.2, -0.15) is 0 Å². The topological polar surface area (TPSA) is 84.0 Å². The number of amides is 1. The van der Waals surface area contributed by atoms with Crippen LogP contribution in [-0.2, 0) is 17.9 Å². The van der Waals surface area contributed by atoms with E-state index in [1.807, 2.05) is 24.3 Å². The van der Waals surface area contributed by atoms with Gasteiger partial charge in [0.15, 0.2) is 0 Å². The third kappa shape index (κ3) is 3.46. The van der Waals surface area contributed by atoms with Crippen LogP contribution in [0.1, 0.15) is 5.56 Å². The van der Waals surface area contributed by atoms with Crippen molar-refractivity contribution in [3.63, 3.8) is 0 Å². The van der Waals surface area contributed by atoms with Crippen molar-refractivity contribution in [1.82, 2.24) is 14.9 Å². The van der Waals surface area contributed by atoms with Crippen LogP contribution in [0, 0.1) is 0 Å². The minimum Gasteiger partial charge on any atom is -0.350 e. The molecule has 0 atom stereocenters. The predicted molar refractivity (Wildman–Crippen MR) is 94.8 cm³/mol. The minimum absolute atomic E-state index is 0.318. The summed E-state index contributed by atoms with van der Waals surface area (Å²) >= 11 is 3.36. The van der Waals surface area contributed by atoms with E-state index in [4.69, 9.17) is 0 Å². The lowest BCUT2D eigenvalue weighted by atomic mass is 10.2. The number of nitrogens with zero attached hydrogens (tertiary/aromatic N) is 1. The molecule has 1 amide bonds. The molecular formula is C17H14BrN3O3. The fourth-order valence-corrected chi connectivity index (χ4v) is 2.84. The average Bonchev–Trinajstić information content (AvgIpc) is 2.57. The molecule has 1 heterocycles. The van der Waals surface area contributed by atoms with Gasteiger partial charge in [-0.1, -0.05) is 40.2 Å². The number of carbonyl (C=O) groups is 1. The fourth-order valence-electron chi connectivity index (χ4n) is 2.39. The summed E-state index contributed by atoms with van der Waals surface area (Å²) in [5, 5.41) is 3.08. The molecule has 24 heavy (non-hydrogen) atoms. The Morgan fingerprint density at radius 1 is 1.12 bits per heavy atom. The quantitative estimate of drug-likeness (QED) is 0.715. The molecule has 0 bridgehead atoms. The van der Waals surface area contributed by atoms with E-state index < -0.39 is 17.2 Å². The highest BCUT2D eigenvalue weighted by molar-refractivity contribution is 9.10. The van der Waals surface area contributed by atoms with Crippen molar-refractivity contribution in [2.45, 2.75) is 13.1 Å². The van der Waals surface area contributed by atoms with Gasteiger partial charge in [-0.05, 0) is 29.8 Å². The maximum absolute atomic E-state index is 12.4. The number of para-hydroxylation sites is 1.